The van der Waals surface area contributed by atoms with E-state index < -0.39 is 35.0 Å². The van der Waals surface area contributed by atoms with Crippen LogP contribution in [-0.4, -0.2) is 71.3 Å². The molecule has 8 heteroatoms. The molecule has 0 saturated carbocycles. The SMILES string of the molecule is CC[C@]12C=CCCOC(=O)[C@H]1[C@H]1C(=O)N(CCCO)C3C(=O)N(c4cc(C)ccc4C)CC=C[C@@]31O2. The van der Waals surface area contributed by atoms with E-state index in [1.54, 1.807) is 4.90 Å². The monoisotopic (exact) mass is 494 g/mol. The second-order valence-corrected chi connectivity index (χ2v) is 10.2. The van der Waals surface area contributed by atoms with Crippen molar-refractivity contribution >= 4 is 23.5 Å². The number of nitrogens with zero attached hydrogens (tertiary/aromatic N) is 2. The molecule has 0 aromatic heterocycles. The molecule has 4 heterocycles. The molecule has 5 rings (SSSR count). The van der Waals surface area contributed by atoms with Crippen LogP contribution in [0.5, 0.6) is 0 Å². The molecule has 36 heavy (non-hydrogen) atoms. The van der Waals surface area contributed by atoms with Crippen molar-refractivity contribution in [3.05, 3.63) is 53.6 Å². The highest BCUT2D eigenvalue weighted by Gasteiger charge is 2.75. The Hall–Kier alpha value is -2.97. The van der Waals surface area contributed by atoms with Gasteiger partial charge < -0.3 is 24.4 Å². The molecule has 1 N–H and O–H groups in total. The Morgan fingerprint density at radius 1 is 1.08 bits per heavy atom. The second kappa shape index (κ2) is 9.16. The van der Waals surface area contributed by atoms with Crippen LogP contribution in [-0.2, 0) is 23.9 Å². The number of carbonyl (C=O) groups is 3. The minimum Gasteiger partial charge on any atom is -0.465 e. The quantitative estimate of drug-likeness (QED) is 0.499. The molecule has 1 aromatic carbocycles. The number of cyclic esters (lactones) is 1. The summed E-state index contributed by atoms with van der Waals surface area (Å²) in [5, 5.41) is 9.54. The minimum absolute atomic E-state index is 0.118. The van der Waals surface area contributed by atoms with Crippen LogP contribution in [0, 0.1) is 25.7 Å². The Labute approximate surface area is 211 Å². The van der Waals surface area contributed by atoms with Crippen molar-refractivity contribution in [1.82, 2.24) is 4.90 Å². The standard InChI is InChI=1S/C28H34N2O6/c1-4-27-11-5-6-16-35-26(34)22(27)21-24(32)30(14-8-15-31)23-25(33)29(13-7-12-28(21,23)36-27)20-17-18(2)9-10-19(20)3/h5,7,9-12,17,21-23,31H,4,6,8,13-16H2,1-3H3/t21-,22+,23?,27-,28-/m0/s1. The molecule has 1 unspecified atom stereocenters. The Kier molecular flexibility index (Phi) is 6.29. The molecule has 4 aliphatic heterocycles. The van der Waals surface area contributed by atoms with E-state index in [4.69, 9.17) is 9.47 Å². The number of hydrogen-bond acceptors (Lipinski definition) is 6. The molecule has 1 aromatic rings. The number of hydrogen-bond donors (Lipinski definition) is 1. The van der Waals surface area contributed by atoms with E-state index in [0.29, 0.717) is 25.8 Å². The molecule has 2 saturated heterocycles. The van der Waals surface area contributed by atoms with Crippen molar-refractivity contribution in [3.8, 4) is 0 Å². The van der Waals surface area contributed by atoms with Crippen molar-refractivity contribution in [2.45, 2.75) is 57.3 Å². The van der Waals surface area contributed by atoms with Gasteiger partial charge in [0, 0.05) is 25.4 Å². The highest BCUT2D eigenvalue weighted by atomic mass is 16.6. The lowest BCUT2D eigenvalue weighted by atomic mass is 9.73. The zero-order valence-corrected chi connectivity index (χ0v) is 21.1. The number of aliphatic hydroxyl groups excluding tert-OH is 1. The van der Waals surface area contributed by atoms with Gasteiger partial charge in [0.1, 0.15) is 23.2 Å². The number of rotatable bonds is 5. The topological polar surface area (TPSA) is 96.4 Å². The zero-order chi connectivity index (χ0) is 25.7. The van der Waals surface area contributed by atoms with Crippen LogP contribution >= 0.6 is 0 Å². The molecular formula is C28H34N2O6. The lowest BCUT2D eigenvalue weighted by molar-refractivity contribution is -0.160. The van der Waals surface area contributed by atoms with Gasteiger partial charge in [-0.05, 0) is 50.3 Å². The summed E-state index contributed by atoms with van der Waals surface area (Å²) in [4.78, 5) is 45.0. The number of amides is 2. The predicted molar refractivity (Wildman–Crippen MR) is 133 cm³/mol. The van der Waals surface area contributed by atoms with Gasteiger partial charge in [-0.2, -0.15) is 0 Å². The number of ether oxygens (including phenoxy) is 2. The average molecular weight is 495 g/mol. The fraction of sp³-hybridized carbons (Fsp3) is 0.536. The molecule has 0 radical (unpaired) electrons. The Bertz CT molecular complexity index is 1140. The van der Waals surface area contributed by atoms with Crippen molar-refractivity contribution in [1.29, 1.82) is 0 Å². The lowest BCUT2D eigenvalue weighted by Crippen LogP contribution is -2.56. The predicted octanol–water partition coefficient (Wildman–Crippen LogP) is 2.45. The van der Waals surface area contributed by atoms with Crippen molar-refractivity contribution in [3.63, 3.8) is 0 Å². The largest absolute Gasteiger partial charge is 0.465 e. The number of aliphatic hydroxyl groups is 1. The van der Waals surface area contributed by atoms with Gasteiger partial charge in [-0.15, -0.1) is 0 Å². The van der Waals surface area contributed by atoms with E-state index >= 15 is 0 Å². The van der Waals surface area contributed by atoms with Gasteiger partial charge in [0.05, 0.1) is 12.5 Å². The second-order valence-electron chi connectivity index (χ2n) is 10.2. The lowest BCUT2D eigenvalue weighted by Gasteiger charge is -2.39. The molecule has 2 amide bonds. The molecule has 1 spiro atoms. The maximum Gasteiger partial charge on any atom is 0.313 e. The average Bonchev–Trinajstić information content (AvgIpc) is 3.19. The molecule has 0 bridgehead atoms. The Morgan fingerprint density at radius 2 is 1.89 bits per heavy atom. The number of anilines is 1. The number of fused-ring (bicyclic) bond motifs is 2. The normalized spacial score (nSPS) is 33.6. The van der Waals surface area contributed by atoms with Crippen LogP contribution in [0.2, 0.25) is 0 Å². The number of likely N-dealkylation sites (tertiary alicyclic amines) is 1. The van der Waals surface area contributed by atoms with Gasteiger partial charge in [0.2, 0.25) is 5.91 Å². The highest BCUT2D eigenvalue weighted by Crippen LogP contribution is 2.58. The van der Waals surface area contributed by atoms with Crippen molar-refractivity contribution in [2.24, 2.45) is 11.8 Å². The summed E-state index contributed by atoms with van der Waals surface area (Å²) < 4.78 is 12.4. The molecule has 0 aliphatic carbocycles. The van der Waals surface area contributed by atoms with Crippen LogP contribution in [0.3, 0.4) is 0 Å². The summed E-state index contributed by atoms with van der Waals surface area (Å²) in [6, 6.07) is 5.00. The zero-order valence-electron chi connectivity index (χ0n) is 21.1. The fourth-order valence-corrected chi connectivity index (χ4v) is 6.44. The smallest absolute Gasteiger partial charge is 0.313 e. The first-order chi connectivity index (χ1) is 17.3. The van der Waals surface area contributed by atoms with Crippen molar-refractivity contribution in [2.75, 3.05) is 31.2 Å². The maximum absolute atomic E-state index is 14.4. The summed E-state index contributed by atoms with van der Waals surface area (Å²) in [7, 11) is 0. The van der Waals surface area contributed by atoms with Crippen LogP contribution in [0.25, 0.3) is 0 Å². The number of aryl methyl sites for hydroxylation is 2. The van der Waals surface area contributed by atoms with E-state index in [1.807, 2.05) is 63.3 Å². The molecular weight excluding hydrogens is 460 g/mol. The minimum atomic E-state index is -1.32. The summed E-state index contributed by atoms with van der Waals surface area (Å²) in [5.41, 5.74) is 0.403. The number of benzene rings is 1. The van der Waals surface area contributed by atoms with Gasteiger partial charge >= 0.3 is 5.97 Å². The van der Waals surface area contributed by atoms with Gasteiger partial charge in [-0.1, -0.05) is 43.4 Å². The summed E-state index contributed by atoms with van der Waals surface area (Å²) in [6.45, 7) is 6.50. The van der Waals surface area contributed by atoms with E-state index in [9.17, 15) is 19.5 Å². The van der Waals surface area contributed by atoms with Crippen LogP contribution < -0.4 is 4.90 Å². The van der Waals surface area contributed by atoms with Gasteiger partial charge in [-0.25, -0.2) is 0 Å². The molecule has 5 atom stereocenters. The Morgan fingerprint density at radius 3 is 2.64 bits per heavy atom. The summed E-state index contributed by atoms with van der Waals surface area (Å²) in [5.74, 6) is -2.77. The maximum atomic E-state index is 14.4. The first kappa shape index (κ1) is 24.7. The first-order valence-corrected chi connectivity index (χ1v) is 12.8. The third kappa shape index (κ3) is 3.53. The molecule has 192 valence electrons. The molecule has 4 aliphatic rings. The van der Waals surface area contributed by atoms with Gasteiger partial charge in [0.15, 0.2) is 0 Å². The van der Waals surface area contributed by atoms with E-state index in [0.717, 1.165) is 16.8 Å². The molecule has 8 nitrogen and oxygen atoms in total. The first-order valence-electron chi connectivity index (χ1n) is 12.8. The summed E-state index contributed by atoms with van der Waals surface area (Å²) >= 11 is 0. The third-order valence-corrected chi connectivity index (χ3v) is 8.11. The highest BCUT2D eigenvalue weighted by molar-refractivity contribution is 6.06. The van der Waals surface area contributed by atoms with E-state index in [1.165, 1.54) is 4.90 Å². The number of esters is 1. The van der Waals surface area contributed by atoms with E-state index in [2.05, 4.69) is 0 Å². The Balaban J connectivity index is 1.67. The van der Waals surface area contributed by atoms with Crippen molar-refractivity contribution < 1.29 is 29.0 Å². The van der Waals surface area contributed by atoms with Crippen LogP contribution in [0.1, 0.15) is 37.3 Å². The van der Waals surface area contributed by atoms with E-state index in [-0.39, 0.29) is 31.6 Å². The van der Waals surface area contributed by atoms with Crippen LogP contribution in [0.15, 0.2) is 42.5 Å². The van der Waals surface area contributed by atoms with Gasteiger partial charge in [-0.3, -0.25) is 14.4 Å². The van der Waals surface area contributed by atoms with Crippen LogP contribution in [0.4, 0.5) is 5.69 Å². The summed E-state index contributed by atoms with van der Waals surface area (Å²) in [6.07, 6.45) is 8.91. The third-order valence-electron chi connectivity index (χ3n) is 8.11. The number of carbonyl (C=O) groups excluding carboxylic acids is 3. The van der Waals surface area contributed by atoms with Gasteiger partial charge in [0.25, 0.3) is 5.91 Å². The molecule has 2 fully saturated rings. The fourth-order valence-electron chi connectivity index (χ4n) is 6.44.